The van der Waals surface area contributed by atoms with Gasteiger partial charge in [0.1, 0.15) is 17.7 Å². The first-order valence-corrected chi connectivity index (χ1v) is 4.35. The Morgan fingerprint density at radius 1 is 1.25 bits per heavy atom. The fourth-order valence-corrected chi connectivity index (χ4v) is 1.20. The highest BCUT2D eigenvalue weighted by Gasteiger charge is 2.21. The lowest BCUT2D eigenvalue weighted by Gasteiger charge is -2.13. The van der Waals surface area contributed by atoms with E-state index in [0.29, 0.717) is 0 Å². The molecule has 0 aliphatic heterocycles. The quantitative estimate of drug-likeness (QED) is 0.654. The van der Waals surface area contributed by atoms with Gasteiger partial charge in [0.25, 0.3) is 0 Å². The first kappa shape index (κ1) is 12.5. The number of benzene rings is 1. The molecule has 0 aromatic heterocycles. The standard InChI is InChI=1S/C10H9F2NO3/c11-7-1-5(10(16)9(15)3-13)2-8(12)6(7)4-14/h1-2,9-10,14-16H,4H2. The van der Waals surface area contributed by atoms with Gasteiger partial charge in [-0.2, -0.15) is 5.26 Å². The summed E-state index contributed by atoms with van der Waals surface area (Å²) in [5.74, 6) is -2.08. The van der Waals surface area contributed by atoms with Crippen LogP contribution in [0.2, 0.25) is 0 Å². The minimum absolute atomic E-state index is 0.263. The van der Waals surface area contributed by atoms with Crippen LogP contribution in [0.1, 0.15) is 17.2 Å². The van der Waals surface area contributed by atoms with E-state index in [9.17, 15) is 13.9 Å². The monoisotopic (exact) mass is 229 g/mol. The Kier molecular flexibility index (Phi) is 3.90. The van der Waals surface area contributed by atoms with Gasteiger partial charge in [-0.1, -0.05) is 0 Å². The molecule has 4 nitrogen and oxygen atoms in total. The van der Waals surface area contributed by atoms with Gasteiger partial charge in [-0.15, -0.1) is 0 Å². The van der Waals surface area contributed by atoms with Crippen LogP contribution in [0.25, 0.3) is 0 Å². The van der Waals surface area contributed by atoms with Crippen LogP contribution >= 0.6 is 0 Å². The van der Waals surface area contributed by atoms with E-state index in [-0.39, 0.29) is 5.56 Å². The third kappa shape index (κ3) is 2.33. The Bertz CT molecular complexity index is 408. The molecule has 6 heteroatoms. The van der Waals surface area contributed by atoms with Gasteiger partial charge in [-0.3, -0.25) is 0 Å². The van der Waals surface area contributed by atoms with Crippen molar-refractivity contribution in [2.75, 3.05) is 0 Å². The van der Waals surface area contributed by atoms with Crippen molar-refractivity contribution in [1.82, 2.24) is 0 Å². The number of hydrogen-bond acceptors (Lipinski definition) is 4. The number of nitrogens with zero attached hydrogens (tertiary/aromatic N) is 1. The van der Waals surface area contributed by atoms with E-state index < -0.39 is 36.0 Å². The van der Waals surface area contributed by atoms with Crippen LogP contribution in [-0.4, -0.2) is 21.4 Å². The number of halogens is 2. The maximum atomic E-state index is 13.2. The van der Waals surface area contributed by atoms with Crippen molar-refractivity contribution in [3.05, 3.63) is 34.9 Å². The zero-order valence-electron chi connectivity index (χ0n) is 8.06. The second-order valence-corrected chi connectivity index (χ2v) is 3.14. The lowest BCUT2D eigenvalue weighted by molar-refractivity contribution is 0.0523. The van der Waals surface area contributed by atoms with Crippen LogP contribution in [-0.2, 0) is 6.61 Å². The van der Waals surface area contributed by atoms with E-state index in [1.807, 2.05) is 0 Å². The molecule has 3 N–H and O–H groups in total. The molecule has 0 spiro atoms. The van der Waals surface area contributed by atoms with Gasteiger partial charge in [0.2, 0.25) is 0 Å². The molecule has 0 saturated heterocycles. The normalized spacial score (nSPS) is 14.2. The summed E-state index contributed by atoms with van der Waals surface area (Å²) >= 11 is 0. The molecular formula is C10H9F2NO3. The summed E-state index contributed by atoms with van der Waals surface area (Å²) in [4.78, 5) is 0. The summed E-state index contributed by atoms with van der Waals surface area (Å²) in [5.41, 5.74) is -0.788. The molecule has 1 aromatic carbocycles. The SMILES string of the molecule is N#CC(O)C(O)c1cc(F)c(CO)c(F)c1. The highest BCUT2D eigenvalue weighted by Crippen LogP contribution is 2.22. The summed E-state index contributed by atoms with van der Waals surface area (Å²) in [7, 11) is 0. The van der Waals surface area contributed by atoms with E-state index in [1.165, 1.54) is 6.07 Å². The van der Waals surface area contributed by atoms with Gasteiger partial charge in [0.05, 0.1) is 12.7 Å². The topological polar surface area (TPSA) is 84.5 Å². The Labute approximate surface area is 90.0 Å². The highest BCUT2D eigenvalue weighted by atomic mass is 19.1. The third-order valence-corrected chi connectivity index (χ3v) is 2.09. The van der Waals surface area contributed by atoms with E-state index in [1.54, 1.807) is 0 Å². The molecule has 0 saturated carbocycles. The van der Waals surface area contributed by atoms with E-state index in [0.717, 1.165) is 12.1 Å². The molecule has 1 rings (SSSR count). The number of aliphatic hydroxyl groups excluding tert-OH is 3. The van der Waals surface area contributed by atoms with Gasteiger partial charge < -0.3 is 15.3 Å². The molecule has 2 unspecified atom stereocenters. The smallest absolute Gasteiger partial charge is 0.170 e. The van der Waals surface area contributed by atoms with E-state index in [2.05, 4.69) is 0 Å². The molecule has 86 valence electrons. The Morgan fingerprint density at radius 2 is 1.75 bits per heavy atom. The van der Waals surface area contributed by atoms with Crippen molar-refractivity contribution in [2.24, 2.45) is 0 Å². The first-order valence-electron chi connectivity index (χ1n) is 4.35. The van der Waals surface area contributed by atoms with Gasteiger partial charge in [-0.05, 0) is 17.7 Å². The van der Waals surface area contributed by atoms with Crippen molar-refractivity contribution < 1.29 is 24.1 Å². The van der Waals surface area contributed by atoms with Crippen molar-refractivity contribution in [3.63, 3.8) is 0 Å². The zero-order chi connectivity index (χ0) is 12.3. The van der Waals surface area contributed by atoms with Crippen molar-refractivity contribution in [1.29, 1.82) is 5.26 Å². The lowest BCUT2D eigenvalue weighted by Crippen LogP contribution is -2.16. The average Bonchev–Trinajstić information content (AvgIpc) is 2.26. The Hall–Kier alpha value is -1.55. The molecule has 0 fully saturated rings. The molecule has 1 aromatic rings. The molecular weight excluding hydrogens is 220 g/mol. The fraction of sp³-hybridized carbons (Fsp3) is 0.300. The van der Waals surface area contributed by atoms with Crippen LogP contribution in [0.15, 0.2) is 12.1 Å². The molecule has 0 radical (unpaired) electrons. The largest absolute Gasteiger partial charge is 0.391 e. The number of aliphatic hydroxyl groups is 3. The Morgan fingerprint density at radius 3 is 2.12 bits per heavy atom. The molecule has 0 heterocycles. The van der Waals surface area contributed by atoms with Gasteiger partial charge in [-0.25, -0.2) is 8.78 Å². The molecule has 0 bridgehead atoms. The van der Waals surface area contributed by atoms with Gasteiger partial charge in [0.15, 0.2) is 6.10 Å². The first-order chi connectivity index (χ1) is 7.51. The van der Waals surface area contributed by atoms with Gasteiger partial charge >= 0.3 is 0 Å². The van der Waals surface area contributed by atoms with Crippen molar-refractivity contribution in [3.8, 4) is 6.07 Å². The summed E-state index contributed by atoms with van der Waals surface area (Å²) in [6.07, 6.45) is -3.46. The maximum absolute atomic E-state index is 13.2. The van der Waals surface area contributed by atoms with Crippen molar-refractivity contribution >= 4 is 0 Å². The van der Waals surface area contributed by atoms with Crippen LogP contribution in [0.4, 0.5) is 8.78 Å². The van der Waals surface area contributed by atoms with Crippen molar-refractivity contribution in [2.45, 2.75) is 18.8 Å². The molecule has 2 atom stereocenters. The summed E-state index contributed by atoms with van der Waals surface area (Å²) in [5, 5.41) is 35.3. The molecule has 0 aliphatic rings. The summed E-state index contributed by atoms with van der Waals surface area (Å²) in [6, 6.07) is 2.87. The van der Waals surface area contributed by atoms with Crippen LogP contribution in [0, 0.1) is 23.0 Å². The van der Waals surface area contributed by atoms with Gasteiger partial charge in [0, 0.05) is 5.56 Å². The second kappa shape index (κ2) is 4.99. The minimum atomic E-state index is -1.77. The van der Waals surface area contributed by atoms with E-state index in [4.69, 9.17) is 15.5 Å². The van der Waals surface area contributed by atoms with E-state index >= 15 is 0 Å². The zero-order valence-corrected chi connectivity index (χ0v) is 8.06. The molecule has 0 amide bonds. The van der Waals surface area contributed by atoms with Crippen LogP contribution in [0.5, 0.6) is 0 Å². The minimum Gasteiger partial charge on any atom is -0.391 e. The Balaban J connectivity index is 3.14. The fourth-order valence-electron chi connectivity index (χ4n) is 1.20. The van der Waals surface area contributed by atoms with Crippen LogP contribution < -0.4 is 0 Å². The second-order valence-electron chi connectivity index (χ2n) is 3.14. The number of rotatable bonds is 3. The molecule has 16 heavy (non-hydrogen) atoms. The maximum Gasteiger partial charge on any atom is 0.170 e. The van der Waals surface area contributed by atoms with Crippen LogP contribution in [0.3, 0.4) is 0 Å². The number of hydrogen-bond donors (Lipinski definition) is 3. The third-order valence-electron chi connectivity index (χ3n) is 2.09. The summed E-state index contributed by atoms with van der Waals surface area (Å²) in [6.45, 7) is -0.811. The average molecular weight is 229 g/mol. The highest BCUT2D eigenvalue weighted by molar-refractivity contribution is 5.28. The number of nitriles is 1. The predicted octanol–water partition coefficient (Wildman–Crippen LogP) is 0.375. The lowest BCUT2D eigenvalue weighted by atomic mass is 10.0. The predicted molar refractivity (Wildman–Crippen MR) is 48.9 cm³/mol. The summed E-state index contributed by atoms with van der Waals surface area (Å²) < 4.78 is 26.3. The molecule has 0 aliphatic carbocycles.